The SMILES string of the molecule is CCNC(=NCC(O)COCC1CC1)N(C)Cc1cccc(Cl)c1. The van der Waals surface area contributed by atoms with E-state index in [1.807, 2.05) is 43.1 Å². The van der Waals surface area contributed by atoms with Crippen LogP contribution in [0.4, 0.5) is 0 Å². The number of ether oxygens (including phenoxy) is 1. The van der Waals surface area contributed by atoms with Crippen LogP contribution < -0.4 is 5.32 Å². The van der Waals surface area contributed by atoms with Gasteiger partial charge in [-0.2, -0.15) is 0 Å². The summed E-state index contributed by atoms with van der Waals surface area (Å²) in [7, 11) is 1.97. The predicted molar refractivity (Wildman–Crippen MR) is 98.4 cm³/mol. The lowest BCUT2D eigenvalue weighted by Gasteiger charge is -2.22. The van der Waals surface area contributed by atoms with E-state index in [2.05, 4.69) is 10.3 Å². The molecular weight excluding hydrogens is 326 g/mol. The molecule has 1 aromatic carbocycles. The van der Waals surface area contributed by atoms with Crippen molar-refractivity contribution < 1.29 is 9.84 Å². The van der Waals surface area contributed by atoms with Gasteiger partial charge in [0.05, 0.1) is 19.3 Å². The Balaban J connectivity index is 1.83. The minimum Gasteiger partial charge on any atom is -0.389 e. The molecule has 6 heteroatoms. The second kappa shape index (κ2) is 9.87. The summed E-state index contributed by atoms with van der Waals surface area (Å²) in [5, 5.41) is 14.0. The summed E-state index contributed by atoms with van der Waals surface area (Å²) in [5.74, 6) is 1.47. The minimum atomic E-state index is -0.572. The topological polar surface area (TPSA) is 57.1 Å². The van der Waals surface area contributed by atoms with E-state index < -0.39 is 6.10 Å². The second-order valence-corrected chi connectivity index (χ2v) is 6.75. The third kappa shape index (κ3) is 7.07. The summed E-state index contributed by atoms with van der Waals surface area (Å²) in [6.45, 7) is 4.92. The molecule has 1 aliphatic carbocycles. The molecule has 5 nitrogen and oxygen atoms in total. The Hall–Kier alpha value is -1.30. The molecule has 2 rings (SSSR count). The van der Waals surface area contributed by atoms with Gasteiger partial charge in [-0.3, -0.25) is 4.99 Å². The van der Waals surface area contributed by atoms with Gasteiger partial charge in [-0.15, -0.1) is 0 Å². The molecule has 2 N–H and O–H groups in total. The Kier molecular flexibility index (Phi) is 7.82. The van der Waals surface area contributed by atoms with E-state index in [9.17, 15) is 5.11 Å². The monoisotopic (exact) mass is 353 g/mol. The van der Waals surface area contributed by atoms with E-state index >= 15 is 0 Å². The molecule has 1 aliphatic rings. The predicted octanol–water partition coefficient (Wildman–Crippen LogP) is 2.52. The summed E-state index contributed by atoms with van der Waals surface area (Å²) in [6, 6.07) is 7.79. The number of aliphatic hydroxyl groups is 1. The molecule has 24 heavy (non-hydrogen) atoms. The van der Waals surface area contributed by atoms with Gasteiger partial charge in [0.2, 0.25) is 0 Å². The molecule has 0 saturated heterocycles. The number of guanidine groups is 1. The lowest BCUT2D eigenvalue weighted by Crippen LogP contribution is -2.39. The van der Waals surface area contributed by atoms with Crippen molar-refractivity contribution in [3.63, 3.8) is 0 Å². The van der Waals surface area contributed by atoms with Gasteiger partial charge < -0.3 is 20.1 Å². The van der Waals surface area contributed by atoms with Crippen molar-refractivity contribution in [2.24, 2.45) is 10.9 Å². The zero-order chi connectivity index (χ0) is 17.4. The number of halogens is 1. The zero-order valence-electron chi connectivity index (χ0n) is 14.5. The first kappa shape index (κ1) is 19.0. The molecule has 1 unspecified atom stereocenters. The first-order valence-corrected chi connectivity index (χ1v) is 8.96. The summed E-state index contributed by atoms with van der Waals surface area (Å²) < 4.78 is 5.51. The Morgan fingerprint density at radius 1 is 1.50 bits per heavy atom. The van der Waals surface area contributed by atoms with Gasteiger partial charge >= 0.3 is 0 Å². The van der Waals surface area contributed by atoms with Crippen molar-refractivity contribution >= 4 is 17.6 Å². The van der Waals surface area contributed by atoms with E-state index in [-0.39, 0.29) is 0 Å². The molecule has 1 fully saturated rings. The smallest absolute Gasteiger partial charge is 0.194 e. The fraction of sp³-hybridized carbons (Fsp3) is 0.611. The number of aliphatic imine (C=N–C) groups is 1. The molecule has 0 radical (unpaired) electrons. The molecule has 1 atom stereocenters. The molecule has 0 spiro atoms. The van der Waals surface area contributed by atoms with Gasteiger partial charge in [-0.25, -0.2) is 0 Å². The average molecular weight is 354 g/mol. The first-order chi connectivity index (χ1) is 11.6. The van der Waals surface area contributed by atoms with Crippen LogP contribution in [-0.4, -0.2) is 55.4 Å². The first-order valence-electron chi connectivity index (χ1n) is 8.58. The normalized spacial score (nSPS) is 16.1. The maximum Gasteiger partial charge on any atom is 0.194 e. The number of hydrogen-bond donors (Lipinski definition) is 2. The van der Waals surface area contributed by atoms with Crippen molar-refractivity contribution in [3.8, 4) is 0 Å². The molecule has 0 amide bonds. The molecule has 134 valence electrons. The van der Waals surface area contributed by atoms with Crippen LogP contribution in [0.15, 0.2) is 29.3 Å². The molecule has 0 heterocycles. The van der Waals surface area contributed by atoms with Crippen LogP contribution >= 0.6 is 11.6 Å². The quantitative estimate of drug-likeness (QED) is 0.529. The Morgan fingerprint density at radius 3 is 2.96 bits per heavy atom. The highest BCUT2D eigenvalue weighted by Crippen LogP contribution is 2.28. The standard InChI is InChI=1S/C18H28ClN3O2/c1-3-20-18(21-10-17(23)13-24-12-14-7-8-14)22(2)11-15-5-4-6-16(19)9-15/h4-6,9,14,17,23H,3,7-8,10-13H2,1-2H3,(H,20,21). The molecule has 0 aromatic heterocycles. The highest BCUT2D eigenvalue weighted by Gasteiger charge is 2.21. The van der Waals surface area contributed by atoms with Crippen LogP contribution in [0.3, 0.4) is 0 Å². The minimum absolute atomic E-state index is 0.326. The Labute approximate surface area is 149 Å². The second-order valence-electron chi connectivity index (χ2n) is 6.32. The van der Waals surface area contributed by atoms with E-state index in [1.165, 1.54) is 12.8 Å². The lowest BCUT2D eigenvalue weighted by atomic mass is 10.2. The number of aliphatic hydroxyl groups excluding tert-OH is 1. The van der Waals surface area contributed by atoms with Gasteiger partial charge in [0.15, 0.2) is 5.96 Å². The molecule has 0 bridgehead atoms. The van der Waals surface area contributed by atoms with E-state index in [4.69, 9.17) is 16.3 Å². The Morgan fingerprint density at radius 2 is 2.29 bits per heavy atom. The number of nitrogens with one attached hydrogen (secondary N) is 1. The summed E-state index contributed by atoms with van der Waals surface area (Å²) >= 11 is 6.04. The van der Waals surface area contributed by atoms with E-state index in [0.29, 0.717) is 25.6 Å². The van der Waals surface area contributed by atoms with Crippen LogP contribution in [0.25, 0.3) is 0 Å². The fourth-order valence-corrected chi connectivity index (χ4v) is 2.57. The van der Waals surface area contributed by atoms with Crippen molar-refractivity contribution in [3.05, 3.63) is 34.9 Å². The molecular formula is C18H28ClN3O2. The van der Waals surface area contributed by atoms with Crippen molar-refractivity contribution in [1.82, 2.24) is 10.2 Å². The van der Waals surface area contributed by atoms with E-state index in [0.717, 1.165) is 29.7 Å². The fourth-order valence-electron chi connectivity index (χ4n) is 2.35. The Bertz CT molecular complexity index is 535. The highest BCUT2D eigenvalue weighted by atomic mass is 35.5. The van der Waals surface area contributed by atoms with Gasteiger partial charge in [0, 0.05) is 31.8 Å². The largest absolute Gasteiger partial charge is 0.389 e. The number of benzene rings is 1. The third-order valence-electron chi connectivity index (χ3n) is 3.82. The molecule has 1 aromatic rings. The van der Waals surface area contributed by atoms with Gasteiger partial charge in [0.1, 0.15) is 0 Å². The van der Waals surface area contributed by atoms with Crippen LogP contribution in [0, 0.1) is 5.92 Å². The van der Waals surface area contributed by atoms with Crippen molar-refractivity contribution in [1.29, 1.82) is 0 Å². The van der Waals surface area contributed by atoms with Gasteiger partial charge in [-0.1, -0.05) is 23.7 Å². The highest BCUT2D eigenvalue weighted by molar-refractivity contribution is 6.30. The number of hydrogen-bond acceptors (Lipinski definition) is 3. The zero-order valence-corrected chi connectivity index (χ0v) is 15.3. The van der Waals surface area contributed by atoms with Crippen LogP contribution in [-0.2, 0) is 11.3 Å². The van der Waals surface area contributed by atoms with Gasteiger partial charge in [0.25, 0.3) is 0 Å². The lowest BCUT2D eigenvalue weighted by molar-refractivity contribution is 0.0367. The van der Waals surface area contributed by atoms with Crippen LogP contribution in [0.2, 0.25) is 5.02 Å². The van der Waals surface area contributed by atoms with Crippen molar-refractivity contribution in [2.75, 3.05) is 33.4 Å². The molecule has 1 saturated carbocycles. The summed E-state index contributed by atoms with van der Waals surface area (Å²) in [6.07, 6.45) is 1.94. The van der Waals surface area contributed by atoms with Crippen molar-refractivity contribution in [2.45, 2.75) is 32.4 Å². The van der Waals surface area contributed by atoms with Crippen LogP contribution in [0.1, 0.15) is 25.3 Å². The third-order valence-corrected chi connectivity index (χ3v) is 4.05. The average Bonchev–Trinajstić information content (AvgIpc) is 3.35. The maximum absolute atomic E-state index is 10.0. The van der Waals surface area contributed by atoms with Crippen LogP contribution in [0.5, 0.6) is 0 Å². The summed E-state index contributed by atoms with van der Waals surface area (Å²) in [4.78, 5) is 6.53. The maximum atomic E-state index is 10.0. The number of nitrogens with zero attached hydrogens (tertiary/aromatic N) is 2. The van der Waals surface area contributed by atoms with Gasteiger partial charge in [-0.05, 0) is 43.4 Å². The molecule has 0 aliphatic heterocycles. The number of rotatable bonds is 9. The summed E-state index contributed by atoms with van der Waals surface area (Å²) in [5.41, 5.74) is 1.11. The van der Waals surface area contributed by atoms with E-state index in [1.54, 1.807) is 0 Å².